The number of nitriles is 1. The predicted octanol–water partition coefficient (Wildman–Crippen LogP) is 1.98. The van der Waals surface area contributed by atoms with E-state index in [-0.39, 0.29) is 5.96 Å². The van der Waals surface area contributed by atoms with Gasteiger partial charge in [0.25, 0.3) is 0 Å². The molecule has 90 valence electrons. The van der Waals surface area contributed by atoms with Crippen LogP contribution in [0.2, 0.25) is 0 Å². The third kappa shape index (κ3) is 3.73. The number of nitrogens with zero attached hydrogens (tertiary/aromatic N) is 2. The van der Waals surface area contributed by atoms with Gasteiger partial charge in [0.1, 0.15) is 0 Å². The lowest BCUT2D eigenvalue weighted by atomic mass is 9.71. The number of rotatable bonds is 1. The Labute approximate surface area is 97.9 Å². The molecular weight excluding hydrogens is 200 g/mol. The largest absolute Gasteiger partial charge is 0.369 e. The van der Waals surface area contributed by atoms with Gasteiger partial charge in [-0.05, 0) is 37.0 Å². The van der Waals surface area contributed by atoms with Gasteiger partial charge in [-0.25, -0.2) is 4.99 Å². The molecule has 0 unspecified atom stereocenters. The molecule has 1 aliphatic carbocycles. The second-order valence-corrected chi connectivity index (χ2v) is 5.62. The van der Waals surface area contributed by atoms with Crippen LogP contribution >= 0.6 is 0 Å². The van der Waals surface area contributed by atoms with Crippen molar-refractivity contribution in [2.45, 2.75) is 52.5 Å². The molecule has 0 radical (unpaired) electrons. The summed E-state index contributed by atoms with van der Waals surface area (Å²) in [5.74, 6) is 1.03. The second-order valence-electron chi connectivity index (χ2n) is 5.62. The average molecular weight is 222 g/mol. The Morgan fingerprint density at radius 2 is 1.88 bits per heavy atom. The summed E-state index contributed by atoms with van der Waals surface area (Å²) in [5, 5.41) is 10.8. The van der Waals surface area contributed by atoms with E-state index in [0.717, 1.165) is 18.8 Å². The lowest BCUT2D eigenvalue weighted by molar-refractivity contribution is 0.170. The Morgan fingerprint density at radius 1 is 1.31 bits per heavy atom. The quantitative estimate of drug-likeness (QED) is 0.308. The molecule has 0 aromatic heterocycles. The maximum absolute atomic E-state index is 8.39. The molecule has 16 heavy (non-hydrogen) atoms. The van der Waals surface area contributed by atoms with Gasteiger partial charge in [0.2, 0.25) is 5.96 Å². The van der Waals surface area contributed by atoms with Crippen LogP contribution in [0.3, 0.4) is 0 Å². The topological polar surface area (TPSA) is 74.2 Å². The van der Waals surface area contributed by atoms with Crippen molar-refractivity contribution in [1.82, 2.24) is 5.32 Å². The fourth-order valence-corrected chi connectivity index (χ4v) is 2.36. The van der Waals surface area contributed by atoms with Gasteiger partial charge in [0, 0.05) is 0 Å². The molecule has 0 aromatic carbocycles. The number of hydrogen-bond donors (Lipinski definition) is 2. The normalized spacial score (nSPS) is 27.2. The number of aliphatic imine (C=N–C) groups is 1. The predicted molar refractivity (Wildman–Crippen MR) is 65.6 cm³/mol. The van der Waals surface area contributed by atoms with Gasteiger partial charge >= 0.3 is 0 Å². The van der Waals surface area contributed by atoms with E-state index in [2.05, 4.69) is 31.1 Å². The highest BCUT2D eigenvalue weighted by Crippen LogP contribution is 2.38. The fraction of sp³-hybridized carbons (Fsp3) is 0.833. The van der Waals surface area contributed by atoms with Gasteiger partial charge < -0.3 is 5.73 Å². The Morgan fingerprint density at radius 3 is 2.31 bits per heavy atom. The highest BCUT2D eigenvalue weighted by molar-refractivity contribution is 5.79. The first kappa shape index (κ1) is 12.8. The second kappa shape index (κ2) is 5.20. The summed E-state index contributed by atoms with van der Waals surface area (Å²) in [7, 11) is 0. The lowest BCUT2D eigenvalue weighted by Crippen LogP contribution is -2.32. The highest BCUT2D eigenvalue weighted by atomic mass is 15.1. The minimum absolute atomic E-state index is 0.252. The third-order valence-electron chi connectivity index (χ3n) is 3.43. The minimum atomic E-state index is 0.252. The van der Waals surface area contributed by atoms with E-state index in [0.29, 0.717) is 11.5 Å². The van der Waals surface area contributed by atoms with Crippen molar-refractivity contribution in [3.63, 3.8) is 0 Å². The first-order valence-corrected chi connectivity index (χ1v) is 5.92. The van der Waals surface area contributed by atoms with Gasteiger partial charge in [-0.2, -0.15) is 5.26 Å². The summed E-state index contributed by atoms with van der Waals surface area (Å²) in [6.45, 7) is 6.90. The van der Waals surface area contributed by atoms with Crippen LogP contribution in [0.1, 0.15) is 46.5 Å². The van der Waals surface area contributed by atoms with Crippen LogP contribution < -0.4 is 11.1 Å². The molecule has 0 bridgehead atoms. The zero-order chi connectivity index (χ0) is 12.2. The van der Waals surface area contributed by atoms with Crippen molar-refractivity contribution in [1.29, 1.82) is 5.26 Å². The maximum Gasteiger partial charge on any atom is 0.202 e. The highest BCUT2D eigenvalue weighted by Gasteiger charge is 2.29. The average Bonchev–Trinajstić information content (AvgIpc) is 2.17. The molecule has 3 N–H and O–H groups in total. The Balaban J connectivity index is 2.44. The smallest absolute Gasteiger partial charge is 0.202 e. The van der Waals surface area contributed by atoms with E-state index < -0.39 is 0 Å². The van der Waals surface area contributed by atoms with Crippen molar-refractivity contribution in [2.75, 3.05) is 0 Å². The Hall–Kier alpha value is -1.24. The first-order valence-electron chi connectivity index (χ1n) is 5.92. The molecule has 1 saturated carbocycles. The zero-order valence-corrected chi connectivity index (χ0v) is 10.5. The maximum atomic E-state index is 8.39. The molecule has 0 amide bonds. The van der Waals surface area contributed by atoms with Crippen LogP contribution in [0.25, 0.3) is 0 Å². The molecule has 0 aromatic rings. The monoisotopic (exact) mass is 222 g/mol. The van der Waals surface area contributed by atoms with E-state index in [1.807, 2.05) is 0 Å². The van der Waals surface area contributed by atoms with Crippen molar-refractivity contribution in [3.8, 4) is 6.19 Å². The molecule has 0 atom stereocenters. The minimum Gasteiger partial charge on any atom is -0.369 e. The molecule has 1 aliphatic rings. The summed E-state index contributed by atoms with van der Waals surface area (Å²) in [4.78, 5) is 4.30. The molecule has 0 heterocycles. The van der Waals surface area contributed by atoms with Crippen molar-refractivity contribution < 1.29 is 0 Å². The summed E-state index contributed by atoms with van der Waals surface area (Å²) in [6.07, 6.45) is 6.35. The summed E-state index contributed by atoms with van der Waals surface area (Å²) >= 11 is 0. The molecule has 0 saturated heterocycles. The molecule has 4 nitrogen and oxygen atoms in total. The van der Waals surface area contributed by atoms with E-state index >= 15 is 0 Å². The number of nitrogens with two attached hydrogens (primary N) is 1. The molecule has 1 fully saturated rings. The molecule has 4 heteroatoms. The summed E-state index contributed by atoms with van der Waals surface area (Å²) in [6, 6.07) is 0.291. The van der Waals surface area contributed by atoms with Crippen LogP contribution in [0.5, 0.6) is 0 Å². The number of guanidine groups is 1. The van der Waals surface area contributed by atoms with Gasteiger partial charge in [0.15, 0.2) is 6.19 Å². The van der Waals surface area contributed by atoms with Crippen LogP contribution in [-0.4, -0.2) is 12.0 Å². The molecule has 0 spiro atoms. The van der Waals surface area contributed by atoms with Gasteiger partial charge in [0.05, 0.1) is 6.04 Å². The van der Waals surface area contributed by atoms with Crippen LogP contribution in [0.15, 0.2) is 4.99 Å². The van der Waals surface area contributed by atoms with Gasteiger partial charge in [-0.15, -0.1) is 0 Å². The van der Waals surface area contributed by atoms with Crippen molar-refractivity contribution in [2.24, 2.45) is 22.1 Å². The SMILES string of the molecule is CC(C)(C)C1CCC(N=C(N)NC#N)CC1. The standard InChI is InChI=1S/C12H22N4/c1-12(2,3)9-4-6-10(7-5-9)16-11(14)15-8-13/h9-10H,4-7H2,1-3H3,(H3,14,15,16). The van der Waals surface area contributed by atoms with E-state index in [1.165, 1.54) is 12.8 Å². The summed E-state index contributed by atoms with van der Waals surface area (Å²) in [5.41, 5.74) is 5.95. The van der Waals surface area contributed by atoms with Gasteiger partial charge in [-0.1, -0.05) is 20.8 Å². The fourth-order valence-electron chi connectivity index (χ4n) is 2.36. The molecule has 0 aliphatic heterocycles. The van der Waals surface area contributed by atoms with E-state index in [4.69, 9.17) is 11.0 Å². The zero-order valence-electron chi connectivity index (χ0n) is 10.5. The third-order valence-corrected chi connectivity index (χ3v) is 3.43. The lowest BCUT2D eigenvalue weighted by Gasteiger charge is -2.35. The molecule has 1 rings (SSSR count). The van der Waals surface area contributed by atoms with Crippen LogP contribution in [0, 0.1) is 22.8 Å². The first-order chi connectivity index (χ1) is 7.43. The van der Waals surface area contributed by atoms with Gasteiger partial charge in [-0.3, -0.25) is 5.32 Å². The van der Waals surface area contributed by atoms with Crippen LogP contribution in [0.4, 0.5) is 0 Å². The number of nitrogens with one attached hydrogen (secondary N) is 1. The molecular formula is C12H22N4. The van der Waals surface area contributed by atoms with Crippen molar-refractivity contribution in [3.05, 3.63) is 0 Å². The van der Waals surface area contributed by atoms with Crippen molar-refractivity contribution >= 4 is 5.96 Å². The van der Waals surface area contributed by atoms with E-state index in [1.54, 1.807) is 6.19 Å². The summed E-state index contributed by atoms with van der Waals surface area (Å²) < 4.78 is 0. The Kier molecular flexibility index (Phi) is 4.17. The van der Waals surface area contributed by atoms with E-state index in [9.17, 15) is 0 Å². The van der Waals surface area contributed by atoms with Crippen LogP contribution in [-0.2, 0) is 0 Å². The Bertz CT molecular complexity index is 287. The number of hydrogen-bond acceptors (Lipinski definition) is 2.